The van der Waals surface area contributed by atoms with Gasteiger partial charge in [0.1, 0.15) is 6.04 Å². The van der Waals surface area contributed by atoms with Crippen LogP contribution < -0.4 is 5.73 Å². The zero-order valence-corrected chi connectivity index (χ0v) is 10.5. The average Bonchev–Trinajstić information content (AvgIpc) is 2.45. The molecule has 1 rings (SSSR count). The van der Waals surface area contributed by atoms with Crippen molar-refractivity contribution in [2.75, 3.05) is 0 Å². The zero-order valence-electron chi connectivity index (χ0n) is 10.5. The Kier molecular flexibility index (Phi) is 4.94. The van der Waals surface area contributed by atoms with Gasteiger partial charge in [-0.15, -0.1) is 0 Å². The van der Waals surface area contributed by atoms with Crippen LogP contribution in [0.25, 0.3) is 0 Å². The first-order chi connectivity index (χ1) is 8.10. The molecule has 2 amide bonds. The number of carbonyl (C=O) groups excluding carboxylic acids is 2. The van der Waals surface area contributed by atoms with Crippen LogP contribution in [0.4, 0.5) is 0 Å². The van der Waals surface area contributed by atoms with E-state index >= 15 is 0 Å². The summed E-state index contributed by atoms with van der Waals surface area (Å²) in [6, 6.07) is -0.534. The molecular weight excluding hydrogens is 216 g/mol. The van der Waals surface area contributed by atoms with Crippen LogP contribution in [0.5, 0.6) is 0 Å². The molecule has 0 saturated carbocycles. The largest absolute Gasteiger partial charge is 0.368 e. The number of primary amides is 1. The van der Waals surface area contributed by atoms with Crippen LogP contribution in [-0.4, -0.2) is 22.8 Å². The SMILES string of the molecule is CCCC1=CCC(=O)N(C(CC)C(N)=O)C=C1. The molecule has 0 spiro atoms. The van der Waals surface area contributed by atoms with Gasteiger partial charge in [0.15, 0.2) is 0 Å². The van der Waals surface area contributed by atoms with Gasteiger partial charge in [0.2, 0.25) is 11.8 Å². The third kappa shape index (κ3) is 3.44. The van der Waals surface area contributed by atoms with Gasteiger partial charge >= 0.3 is 0 Å². The van der Waals surface area contributed by atoms with Gasteiger partial charge in [-0.1, -0.05) is 31.9 Å². The summed E-state index contributed by atoms with van der Waals surface area (Å²) in [5, 5.41) is 0. The number of hydrogen-bond acceptors (Lipinski definition) is 2. The third-order valence-electron chi connectivity index (χ3n) is 2.87. The van der Waals surface area contributed by atoms with Crippen molar-refractivity contribution in [3.05, 3.63) is 23.9 Å². The molecule has 0 bridgehead atoms. The molecule has 0 saturated heterocycles. The third-order valence-corrected chi connectivity index (χ3v) is 2.87. The molecule has 0 aliphatic carbocycles. The van der Waals surface area contributed by atoms with Gasteiger partial charge < -0.3 is 10.6 Å². The Labute approximate surface area is 102 Å². The summed E-state index contributed by atoms with van der Waals surface area (Å²) < 4.78 is 0. The minimum Gasteiger partial charge on any atom is -0.368 e. The quantitative estimate of drug-likeness (QED) is 0.790. The van der Waals surface area contributed by atoms with Crippen LogP contribution in [0.2, 0.25) is 0 Å². The monoisotopic (exact) mass is 236 g/mol. The van der Waals surface area contributed by atoms with Crippen LogP contribution in [0.1, 0.15) is 39.5 Å². The number of nitrogens with two attached hydrogens (primary N) is 1. The van der Waals surface area contributed by atoms with Crippen LogP contribution in [0.15, 0.2) is 23.9 Å². The zero-order chi connectivity index (χ0) is 12.8. The molecule has 17 heavy (non-hydrogen) atoms. The summed E-state index contributed by atoms with van der Waals surface area (Å²) in [5.41, 5.74) is 6.44. The molecule has 0 aromatic carbocycles. The van der Waals surface area contributed by atoms with Crippen LogP contribution >= 0.6 is 0 Å². The molecule has 4 heteroatoms. The molecule has 94 valence electrons. The van der Waals surface area contributed by atoms with Crippen LogP contribution in [-0.2, 0) is 9.59 Å². The van der Waals surface area contributed by atoms with E-state index in [9.17, 15) is 9.59 Å². The summed E-state index contributed by atoms with van der Waals surface area (Å²) in [6.45, 7) is 3.94. The van der Waals surface area contributed by atoms with Crippen molar-refractivity contribution >= 4 is 11.8 Å². The van der Waals surface area contributed by atoms with E-state index < -0.39 is 11.9 Å². The molecule has 0 fully saturated rings. The lowest BCUT2D eigenvalue weighted by Gasteiger charge is -2.24. The maximum absolute atomic E-state index is 11.9. The second kappa shape index (κ2) is 6.23. The molecule has 4 nitrogen and oxygen atoms in total. The molecule has 1 atom stereocenters. The van der Waals surface area contributed by atoms with Crippen LogP contribution in [0.3, 0.4) is 0 Å². The number of amides is 2. The highest BCUT2D eigenvalue weighted by Crippen LogP contribution is 2.16. The smallest absolute Gasteiger partial charge is 0.240 e. The Hall–Kier alpha value is -1.58. The topological polar surface area (TPSA) is 63.4 Å². The van der Waals surface area contributed by atoms with E-state index in [0.717, 1.165) is 18.4 Å². The average molecular weight is 236 g/mol. The molecule has 1 aliphatic rings. The first-order valence-corrected chi connectivity index (χ1v) is 6.07. The Bertz CT molecular complexity index is 358. The minimum absolute atomic E-state index is 0.0713. The second-order valence-electron chi connectivity index (χ2n) is 4.18. The first kappa shape index (κ1) is 13.5. The Morgan fingerprint density at radius 1 is 1.53 bits per heavy atom. The normalized spacial score (nSPS) is 17.6. The van der Waals surface area contributed by atoms with Crippen molar-refractivity contribution in [2.45, 2.75) is 45.6 Å². The summed E-state index contributed by atoms with van der Waals surface area (Å²) in [5.74, 6) is -0.526. The van der Waals surface area contributed by atoms with E-state index in [1.54, 1.807) is 6.20 Å². The van der Waals surface area contributed by atoms with Crippen molar-refractivity contribution in [1.82, 2.24) is 4.90 Å². The molecule has 1 unspecified atom stereocenters. The van der Waals surface area contributed by atoms with E-state index in [1.807, 2.05) is 19.1 Å². The van der Waals surface area contributed by atoms with Gasteiger partial charge in [0, 0.05) is 12.6 Å². The minimum atomic E-state index is -0.534. The van der Waals surface area contributed by atoms with E-state index in [1.165, 1.54) is 4.90 Å². The highest BCUT2D eigenvalue weighted by Gasteiger charge is 2.25. The number of rotatable bonds is 5. The van der Waals surface area contributed by atoms with Gasteiger partial charge in [-0.05, 0) is 18.9 Å². The molecule has 0 radical (unpaired) electrons. The van der Waals surface area contributed by atoms with Gasteiger partial charge in [0.05, 0.1) is 0 Å². The molecule has 1 heterocycles. The predicted molar refractivity (Wildman–Crippen MR) is 66.9 cm³/mol. The summed E-state index contributed by atoms with van der Waals surface area (Å²) in [7, 11) is 0. The molecule has 0 aromatic rings. The molecular formula is C13H20N2O2. The number of carbonyl (C=O) groups is 2. The second-order valence-corrected chi connectivity index (χ2v) is 4.18. The molecule has 0 aromatic heterocycles. The predicted octanol–water partition coefficient (Wildman–Crippen LogP) is 1.72. The summed E-state index contributed by atoms with van der Waals surface area (Å²) in [6.07, 6.45) is 8.38. The van der Waals surface area contributed by atoms with Gasteiger partial charge in [-0.25, -0.2) is 0 Å². The fourth-order valence-corrected chi connectivity index (χ4v) is 1.94. The van der Waals surface area contributed by atoms with E-state index in [4.69, 9.17) is 5.73 Å². The van der Waals surface area contributed by atoms with Gasteiger partial charge in [-0.2, -0.15) is 0 Å². The number of hydrogen-bond donors (Lipinski definition) is 1. The van der Waals surface area contributed by atoms with E-state index in [0.29, 0.717) is 12.8 Å². The van der Waals surface area contributed by atoms with E-state index in [2.05, 4.69) is 6.92 Å². The number of allylic oxidation sites excluding steroid dienone is 2. The lowest BCUT2D eigenvalue weighted by atomic mass is 10.1. The van der Waals surface area contributed by atoms with Crippen LogP contribution in [0, 0.1) is 0 Å². The lowest BCUT2D eigenvalue weighted by Crippen LogP contribution is -2.44. The fourth-order valence-electron chi connectivity index (χ4n) is 1.94. The van der Waals surface area contributed by atoms with Crippen molar-refractivity contribution < 1.29 is 9.59 Å². The van der Waals surface area contributed by atoms with Crippen molar-refractivity contribution in [1.29, 1.82) is 0 Å². The van der Waals surface area contributed by atoms with Gasteiger partial charge in [0.25, 0.3) is 0 Å². The Morgan fingerprint density at radius 2 is 2.24 bits per heavy atom. The summed E-state index contributed by atoms with van der Waals surface area (Å²) in [4.78, 5) is 24.6. The first-order valence-electron chi connectivity index (χ1n) is 6.07. The van der Waals surface area contributed by atoms with Crippen molar-refractivity contribution in [2.24, 2.45) is 5.73 Å². The van der Waals surface area contributed by atoms with Crippen molar-refractivity contribution in [3.8, 4) is 0 Å². The van der Waals surface area contributed by atoms with E-state index in [-0.39, 0.29) is 5.91 Å². The summed E-state index contributed by atoms with van der Waals surface area (Å²) >= 11 is 0. The maximum atomic E-state index is 11.9. The van der Waals surface area contributed by atoms with Crippen molar-refractivity contribution in [3.63, 3.8) is 0 Å². The maximum Gasteiger partial charge on any atom is 0.240 e. The van der Waals surface area contributed by atoms with Gasteiger partial charge in [-0.3, -0.25) is 9.59 Å². The fraction of sp³-hybridized carbons (Fsp3) is 0.538. The lowest BCUT2D eigenvalue weighted by molar-refractivity contribution is -0.135. The highest BCUT2D eigenvalue weighted by atomic mass is 16.2. The Balaban J connectivity index is 2.85. The molecule has 1 aliphatic heterocycles. The highest BCUT2D eigenvalue weighted by molar-refractivity contribution is 5.88. The molecule has 2 N–H and O–H groups in total. The Morgan fingerprint density at radius 3 is 2.76 bits per heavy atom. The standard InChI is InChI=1S/C13H20N2O2/c1-3-5-10-6-7-12(16)15(9-8-10)11(4-2)13(14)17/h6,8-9,11H,3-5,7H2,1-2H3,(H2,14,17). The number of nitrogens with zero attached hydrogens (tertiary/aromatic N) is 1.